The van der Waals surface area contributed by atoms with Gasteiger partial charge < -0.3 is 10.3 Å². The molecule has 1 aromatic heterocycles. The van der Waals surface area contributed by atoms with Crippen LogP contribution in [0.1, 0.15) is 5.56 Å². The van der Waals surface area contributed by atoms with E-state index in [1.807, 2.05) is 25.1 Å². The van der Waals surface area contributed by atoms with Crippen molar-refractivity contribution in [2.45, 2.75) is 6.92 Å². The minimum Gasteiger partial charge on any atom is -0.399 e. The lowest BCUT2D eigenvalue weighted by Crippen LogP contribution is -1.89. The first-order valence-electron chi connectivity index (χ1n) is 6.20. The average molecular weight is 320 g/mol. The second-order valence-electron chi connectivity index (χ2n) is 4.62. The van der Waals surface area contributed by atoms with Gasteiger partial charge in [-0.05, 0) is 48.9 Å². The zero-order valence-corrected chi connectivity index (χ0v) is 12.6. The number of aryl methyl sites for hydroxylation is 1. The number of nitrogens with two attached hydrogens (primary N) is 1. The molecule has 3 rings (SSSR count). The Bertz CT molecular complexity index is 814. The van der Waals surface area contributed by atoms with E-state index in [-0.39, 0.29) is 0 Å². The van der Waals surface area contributed by atoms with Crippen LogP contribution in [0.25, 0.3) is 22.8 Å². The molecule has 0 aliphatic heterocycles. The SMILES string of the molecule is Cc1cc(-c2nc(-c3ccc(Cl)cc3Cl)no2)ccc1N. The molecule has 106 valence electrons. The molecule has 0 aliphatic carbocycles. The maximum absolute atomic E-state index is 6.14. The topological polar surface area (TPSA) is 64.9 Å². The summed E-state index contributed by atoms with van der Waals surface area (Å²) < 4.78 is 5.29. The third kappa shape index (κ3) is 2.73. The van der Waals surface area contributed by atoms with Gasteiger partial charge in [0.15, 0.2) is 0 Å². The number of anilines is 1. The van der Waals surface area contributed by atoms with Crippen molar-refractivity contribution in [1.29, 1.82) is 0 Å². The monoisotopic (exact) mass is 319 g/mol. The van der Waals surface area contributed by atoms with Crippen molar-refractivity contribution in [3.05, 3.63) is 52.0 Å². The summed E-state index contributed by atoms with van der Waals surface area (Å²) in [6.45, 7) is 1.92. The third-order valence-electron chi connectivity index (χ3n) is 3.11. The second kappa shape index (κ2) is 5.39. The Kier molecular flexibility index (Phi) is 3.57. The van der Waals surface area contributed by atoms with E-state index in [9.17, 15) is 0 Å². The lowest BCUT2D eigenvalue weighted by molar-refractivity contribution is 0.432. The normalized spacial score (nSPS) is 10.8. The molecule has 0 amide bonds. The standard InChI is InChI=1S/C15H11Cl2N3O/c1-8-6-9(2-5-13(8)18)15-19-14(20-21-15)11-4-3-10(16)7-12(11)17/h2-7H,18H2,1H3. The Balaban J connectivity index is 2.01. The van der Waals surface area contributed by atoms with Crippen LogP contribution in [0.4, 0.5) is 5.69 Å². The highest BCUT2D eigenvalue weighted by atomic mass is 35.5. The lowest BCUT2D eigenvalue weighted by Gasteiger charge is -2.00. The summed E-state index contributed by atoms with van der Waals surface area (Å²) in [7, 11) is 0. The van der Waals surface area contributed by atoms with Crippen LogP contribution in [0.2, 0.25) is 10.0 Å². The van der Waals surface area contributed by atoms with Crippen LogP contribution in [-0.4, -0.2) is 10.1 Å². The van der Waals surface area contributed by atoms with E-state index in [2.05, 4.69) is 10.1 Å². The molecule has 0 radical (unpaired) electrons. The van der Waals surface area contributed by atoms with E-state index in [1.54, 1.807) is 18.2 Å². The number of halogens is 2. The fourth-order valence-corrected chi connectivity index (χ4v) is 2.42. The van der Waals surface area contributed by atoms with Crippen LogP contribution < -0.4 is 5.73 Å². The number of hydrogen-bond donors (Lipinski definition) is 1. The van der Waals surface area contributed by atoms with E-state index in [1.165, 1.54) is 0 Å². The quantitative estimate of drug-likeness (QED) is 0.701. The van der Waals surface area contributed by atoms with Crippen molar-refractivity contribution in [3.8, 4) is 22.8 Å². The molecule has 0 aliphatic rings. The summed E-state index contributed by atoms with van der Waals surface area (Å²) in [6, 6.07) is 10.7. The fourth-order valence-electron chi connectivity index (χ4n) is 1.93. The number of nitrogen functional groups attached to an aromatic ring is 1. The molecule has 0 saturated heterocycles. The molecule has 0 fully saturated rings. The summed E-state index contributed by atoms with van der Waals surface area (Å²) in [4.78, 5) is 4.37. The van der Waals surface area contributed by atoms with E-state index < -0.39 is 0 Å². The molecule has 0 spiro atoms. The Morgan fingerprint density at radius 3 is 2.62 bits per heavy atom. The summed E-state index contributed by atoms with van der Waals surface area (Å²) in [5, 5.41) is 4.99. The highest BCUT2D eigenvalue weighted by Crippen LogP contribution is 2.30. The van der Waals surface area contributed by atoms with Gasteiger partial charge in [0.05, 0.1) is 5.02 Å². The molecule has 1 heterocycles. The maximum atomic E-state index is 6.14. The zero-order chi connectivity index (χ0) is 15.0. The molecule has 21 heavy (non-hydrogen) atoms. The summed E-state index contributed by atoms with van der Waals surface area (Å²) in [5.74, 6) is 0.834. The molecule has 2 N–H and O–H groups in total. The minimum atomic E-state index is 0.416. The average Bonchev–Trinajstić information content (AvgIpc) is 2.91. The predicted molar refractivity (Wildman–Crippen MR) is 84.3 cm³/mol. The second-order valence-corrected chi connectivity index (χ2v) is 5.46. The first-order valence-corrected chi connectivity index (χ1v) is 6.96. The van der Waals surface area contributed by atoms with Crippen LogP contribution in [0.15, 0.2) is 40.9 Å². The van der Waals surface area contributed by atoms with Crippen LogP contribution in [0, 0.1) is 6.92 Å². The lowest BCUT2D eigenvalue weighted by atomic mass is 10.1. The molecule has 0 bridgehead atoms. The smallest absolute Gasteiger partial charge is 0.258 e. The molecule has 4 nitrogen and oxygen atoms in total. The highest BCUT2D eigenvalue weighted by Gasteiger charge is 2.14. The van der Waals surface area contributed by atoms with E-state index in [4.69, 9.17) is 33.5 Å². The molecule has 0 atom stereocenters. The van der Waals surface area contributed by atoms with Gasteiger partial charge in [0.2, 0.25) is 5.82 Å². The molecule has 0 saturated carbocycles. The van der Waals surface area contributed by atoms with Crippen LogP contribution in [-0.2, 0) is 0 Å². The Labute approximate surface area is 131 Å². The van der Waals surface area contributed by atoms with Gasteiger partial charge >= 0.3 is 0 Å². The van der Waals surface area contributed by atoms with Gasteiger partial charge in [0.1, 0.15) is 0 Å². The molecule has 6 heteroatoms. The van der Waals surface area contributed by atoms with Crippen LogP contribution in [0.3, 0.4) is 0 Å². The van der Waals surface area contributed by atoms with Gasteiger partial charge in [0, 0.05) is 21.8 Å². The summed E-state index contributed by atoms with van der Waals surface area (Å²) >= 11 is 12.0. The van der Waals surface area contributed by atoms with Gasteiger partial charge in [-0.2, -0.15) is 4.98 Å². The van der Waals surface area contributed by atoms with Crippen LogP contribution in [0.5, 0.6) is 0 Å². The number of hydrogen-bond acceptors (Lipinski definition) is 4. The fraction of sp³-hybridized carbons (Fsp3) is 0.0667. The summed E-state index contributed by atoms with van der Waals surface area (Å²) in [6.07, 6.45) is 0. The van der Waals surface area contributed by atoms with E-state index in [0.717, 1.165) is 16.8 Å². The molecule has 0 unspecified atom stereocenters. The molecule has 3 aromatic rings. The number of nitrogens with zero attached hydrogens (tertiary/aromatic N) is 2. The van der Waals surface area contributed by atoms with E-state index in [0.29, 0.717) is 27.3 Å². The van der Waals surface area contributed by atoms with Gasteiger partial charge in [-0.15, -0.1) is 0 Å². The van der Waals surface area contributed by atoms with Gasteiger partial charge in [-0.3, -0.25) is 0 Å². The largest absolute Gasteiger partial charge is 0.399 e. The first kappa shape index (κ1) is 13.9. The van der Waals surface area contributed by atoms with Crippen molar-refractivity contribution < 1.29 is 4.52 Å². The first-order chi connectivity index (χ1) is 10.0. The van der Waals surface area contributed by atoms with E-state index >= 15 is 0 Å². The van der Waals surface area contributed by atoms with Crippen molar-refractivity contribution in [2.75, 3.05) is 5.73 Å². The number of rotatable bonds is 2. The van der Waals surface area contributed by atoms with Crippen molar-refractivity contribution in [2.24, 2.45) is 0 Å². The van der Waals surface area contributed by atoms with Gasteiger partial charge in [0.25, 0.3) is 5.89 Å². The zero-order valence-electron chi connectivity index (χ0n) is 11.1. The Hall–Kier alpha value is -2.04. The number of benzene rings is 2. The minimum absolute atomic E-state index is 0.416. The summed E-state index contributed by atoms with van der Waals surface area (Å²) in [5.41, 5.74) is 8.96. The molecular weight excluding hydrogens is 309 g/mol. The molecular formula is C15H11Cl2N3O. The van der Waals surface area contributed by atoms with Crippen LogP contribution >= 0.6 is 23.2 Å². The Morgan fingerprint density at radius 1 is 1.10 bits per heavy atom. The Morgan fingerprint density at radius 2 is 1.90 bits per heavy atom. The third-order valence-corrected chi connectivity index (χ3v) is 3.66. The van der Waals surface area contributed by atoms with Gasteiger partial charge in [-0.25, -0.2) is 0 Å². The molecule has 2 aromatic carbocycles. The van der Waals surface area contributed by atoms with Crippen molar-refractivity contribution >= 4 is 28.9 Å². The van der Waals surface area contributed by atoms with Crippen molar-refractivity contribution in [1.82, 2.24) is 10.1 Å². The number of aromatic nitrogens is 2. The highest BCUT2D eigenvalue weighted by molar-refractivity contribution is 6.36. The predicted octanol–water partition coefficient (Wildman–Crippen LogP) is 4.60. The maximum Gasteiger partial charge on any atom is 0.258 e. The van der Waals surface area contributed by atoms with Crippen molar-refractivity contribution in [3.63, 3.8) is 0 Å². The van der Waals surface area contributed by atoms with Gasteiger partial charge in [-0.1, -0.05) is 28.4 Å².